The maximum absolute atomic E-state index is 13.2. The van der Waals surface area contributed by atoms with Crippen LogP contribution in [0.1, 0.15) is 22.9 Å². The van der Waals surface area contributed by atoms with Crippen molar-refractivity contribution < 1.29 is 17.9 Å². The predicted molar refractivity (Wildman–Crippen MR) is 73.1 cm³/mol. The Morgan fingerprint density at radius 1 is 1.14 bits per heavy atom. The molecule has 1 aromatic heterocycles. The van der Waals surface area contributed by atoms with Crippen LogP contribution >= 0.6 is 0 Å². The summed E-state index contributed by atoms with van der Waals surface area (Å²) in [6.45, 7) is 0. The van der Waals surface area contributed by atoms with Crippen molar-refractivity contribution in [1.82, 2.24) is 10.3 Å². The molecule has 0 bridgehead atoms. The first-order valence-corrected chi connectivity index (χ1v) is 6.31. The summed E-state index contributed by atoms with van der Waals surface area (Å²) in [5, 5.41) is 2.88. The first kappa shape index (κ1) is 15.3. The number of hydrogen-bond donors (Lipinski definition) is 1. The van der Waals surface area contributed by atoms with Gasteiger partial charge in [-0.15, -0.1) is 0 Å². The van der Waals surface area contributed by atoms with Gasteiger partial charge in [0.05, 0.1) is 18.7 Å². The lowest BCUT2D eigenvalue weighted by molar-refractivity contribution is -0.138. The highest BCUT2D eigenvalue weighted by atomic mass is 19.4. The SMILES string of the molecule is CNC(c1ccccc1C(F)(F)F)c1ncccc1OC. The number of nitrogens with one attached hydrogen (secondary N) is 1. The lowest BCUT2D eigenvalue weighted by Crippen LogP contribution is -2.23. The van der Waals surface area contributed by atoms with E-state index in [1.165, 1.54) is 25.4 Å². The van der Waals surface area contributed by atoms with Crippen molar-refractivity contribution >= 4 is 0 Å². The minimum absolute atomic E-state index is 0.115. The van der Waals surface area contributed by atoms with E-state index in [0.29, 0.717) is 11.4 Å². The van der Waals surface area contributed by atoms with E-state index < -0.39 is 17.8 Å². The molecule has 112 valence electrons. The first-order valence-electron chi connectivity index (χ1n) is 6.31. The van der Waals surface area contributed by atoms with Gasteiger partial charge < -0.3 is 10.1 Å². The largest absolute Gasteiger partial charge is 0.495 e. The maximum Gasteiger partial charge on any atom is 0.416 e. The Balaban J connectivity index is 2.58. The highest BCUT2D eigenvalue weighted by molar-refractivity contribution is 5.41. The van der Waals surface area contributed by atoms with Gasteiger partial charge in [-0.2, -0.15) is 13.2 Å². The van der Waals surface area contributed by atoms with Gasteiger partial charge in [-0.3, -0.25) is 4.98 Å². The molecule has 2 aromatic rings. The van der Waals surface area contributed by atoms with Crippen molar-refractivity contribution in [2.24, 2.45) is 0 Å². The molecule has 1 N–H and O–H groups in total. The number of aromatic nitrogens is 1. The fourth-order valence-electron chi connectivity index (χ4n) is 2.24. The average Bonchev–Trinajstić information content (AvgIpc) is 2.48. The first-order chi connectivity index (χ1) is 9.99. The van der Waals surface area contributed by atoms with E-state index >= 15 is 0 Å². The van der Waals surface area contributed by atoms with Crippen LogP contribution in [0.3, 0.4) is 0 Å². The number of hydrogen-bond acceptors (Lipinski definition) is 3. The Morgan fingerprint density at radius 3 is 2.48 bits per heavy atom. The molecule has 1 heterocycles. The normalized spacial score (nSPS) is 13.0. The van der Waals surface area contributed by atoms with Gasteiger partial charge in [-0.05, 0) is 30.8 Å². The van der Waals surface area contributed by atoms with Gasteiger partial charge in [-0.1, -0.05) is 18.2 Å². The third kappa shape index (κ3) is 3.16. The molecule has 0 amide bonds. The van der Waals surface area contributed by atoms with E-state index in [1.807, 2.05) is 0 Å². The minimum Gasteiger partial charge on any atom is -0.495 e. The van der Waals surface area contributed by atoms with E-state index in [1.54, 1.807) is 25.2 Å². The van der Waals surface area contributed by atoms with Gasteiger partial charge in [0, 0.05) is 6.20 Å². The second-order valence-electron chi connectivity index (χ2n) is 4.40. The third-order valence-electron chi connectivity index (χ3n) is 3.16. The molecule has 21 heavy (non-hydrogen) atoms. The summed E-state index contributed by atoms with van der Waals surface area (Å²) in [7, 11) is 3.05. The number of nitrogens with zero attached hydrogens (tertiary/aromatic N) is 1. The van der Waals surface area contributed by atoms with E-state index in [4.69, 9.17) is 4.74 Å². The summed E-state index contributed by atoms with van der Waals surface area (Å²) in [5.74, 6) is 0.439. The number of alkyl halides is 3. The lowest BCUT2D eigenvalue weighted by atomic mass is 9.96. The van der Waals surface area contributed by atoms with Crippen LogP contribution in [0.15, 0.2) is 42.6 Å². The zero-order valence-electron chi connectivity index (χ0n) is 11.6. The minimum atomic E-state index is -4.42. The van der Waals surface area contributed by atoms with Gasteiger partial charge in [0.15, 0.2) is 0 Å². The Bertz CT molecular complexity index is 614. The maximum atomic E-state index is 13.2. The Morgan fingerprint density at radius 2 is 1.86 bits per heavy atom. The van der Waals surface area contributed by atoms with Crippen molar-refractivity contribution in [1.29, 1.82) is 0 Å². The summed E-state index contributed by atoms with van der Waals surface area (Å²) < 4.78 is 44.7. The van der Waals surface area contributed by atoms with Crippen LogP contribution in [-0.4, -0.2) is 19.1 Å². The van der Waals surface area contributed by atoms with Crippen LogP contribution in [0.4, 0.5) is 13.2 Å². The van der Waals surface area contributed by atoms with Gasteiger partial charge in [-0.25, -0.2) is 0 Å². The molecular weight excluding hydrogens is 281 g/mol. The highest BCUT2D eigenvalue weighted by Gasteiger charge is 2.35. The van der Waals surface area contributed by atoms with Crippen LogP contribution in [0.2, 0.25) is 0 Å². The zero-order chi connectivity index (χ0) is 15.5. The molecule has 0 spiro atoms. The van der Waals surface area contributed by atoms with Gasteiger partial charge in [0.25, 0.3) is 0 Å². The van der Waals surface area contributed by atoms with Crippen LogP contribution in [0.5, 0.6) is 5.75 Å². The smallest absolute Gasteiger partial charge is 0.416 e. The topological polar surface area (TPSA) is 34.2 Å². The highest BCUT2D eigenvalue weighted by Crippen LogP contribution is 2.37. The monoisotopic (exact) mass is 296 g/mol. The Labute approximate surface area is 120 Å². The molecule has 6 heteroatoms. The van der Waals surface area contributed by atoms with Gasteiger partial charge in [0.2, 0.25) is 0 Å². The number of ether oxygens (including phenoxy) is 1. The number of halogens is 3. The standard InChI is InChI=1S/C15H15F3N2O/c1-19-13(14-12(21-2)8-5-9-20-14)10-6-3-4-7-11(10)15(16,17)18/h3-9,13,19H,1-2H3. The second-order valence-corrected chi connectivity index (χ2v) is 4.40. The van der Waals surface area contributed by atoms with Crippen LogP contribution in [0, 0.1) is 0 Å². The van der Waals surface area contributed by atoms with E-state index in [9.17, 15) is 13.2 Å². The Kier molecular flexibility index (Phi) is 4.47. The molecule has 0 saturated carbocycles. The average molecular weight is 296 g/mol. The predicted octanol–water partition coefficient (Wildman–Crippen LogP) is 3.42. The summed E-state index contributed by atoms with van der Waals surface area (Å²) in [6.07, 6.45) is -2.90. The molecule has 0 saturated heterocycles. The quantitative estimate of drug-likeness (QED) is 0.938. The van der Waals surface area contributed by atoms with Crippen molar-refractivity contribution in [2.45, 2.75) is 12.2 Å². The molecular formula is C15H15F3N2O. The fraction of sp³-hybridized carbons (Fsp3) is 0.267. The molecule has 1 aromatic carbocycles. The molecule has 0 radical (unpaired) electrons. The molecule has 0 aliphatic heterocycles. The zero-order valence-corrected chi connectivity index (χ0v) is 11.6. The molecule has 0 fully saturated rings. The number of methoxy groups -OCH3 is 1. The van der Waals surface area contributed by atoms with E-state index in [2.05, 4.69) is 10.3 Å². The lowest BCUT2D eigenvalue weighted by Gasteiger charge is -2.22. The van der Waals surface area contributed by atoms with Crippen molar-refractivity contribution in [2.75, 3.05) is 14.2 Å². The van der Waals surface area contributed by atoms with Crippen LogP contribution < -0.4 is 10.1 Å². The van der Waals surface area contributed by atoms with Crippen LogP contribution in [0.25, 0.3) is 0 Å². The molecule has 0 aliphatic carbocycles. The summed E-state index contributed by atoms with van der Waals surface area (Å²) in [6, 6.07) is 8.08. The molecule has 3 nitrogen and oxygen atoms in total. The Hall–Kier alpha value is -2.08. The van der Waals surface area contributed by atoms with Gasteiger partial charge in [0.1, 0.15) is 11.4 Å². The van der Waals surface area contributed by atoms with Crippen molar-refractivity contribution in [3.8, 4) is 5.75 Å². The summed E-state index contributed by atoms with van der Waals surface area (Å²) >= 11 is 0. The molecule has 2 rings (SSSR count). The third-order valence-corrected chi connectivity index (χ3v) is 3.16. The van der Waals surface area contributed by atoms with E-state index in [0.717, 1.165) is 6.07 Å². The van der Waals surface area contributed by atoms with Crippen molar-refractivity contribution in [3.63, 3.8) is 0 Å². The van der Waals surface area contributed by atoms with Crippen molar-refractivity contribution in [3.05, 3.63) is 59.4 Å². The van der Waals surface area contributed by atoms with Crippen LogP contribution in [-0.2, 0) is 6.18 Å². The second kappa shape index (κ2) is 6.13. The van der Waals surface area contributed by atoms with E-state index in [-0.39, 0.29) is 5.56 Å². The summed E-state index contributed by atoms with van der Waals surface area (Å²) in [4.78, 5) is 4.17. The number of pyridine rings is 1. The number of rotatable bonds is 4. The molecule has 1 atom stereocenters. The fourth-order valence-corrected chi connectivity index (χ4v) is 2.24. The molecule has 0 aliphatic rings. The van der Waals surface area contributed by atoms with Gasteiger partial charge >= 0.3 is 6.18 Å². The summed E-state index contributed by atoms with van der Waals surface area (Å²) in [5.41, 5.74) is -0.152. The number of benzene rings is 1. The molecule has 1 unspecified atom stereocenters.